The van der Waals surface area contributed by atoms with Crippen molar-refractivity contribution in [2.45, 2.75) is 25.3 Å². The molecule has 1 aromatic heterocycles. The summed E-state index contributed by atoms with van der Waals surface area (Å²) in [6.07, 6.45) is 5.82. The Kier molecular flexibility index (Phi) is 3.01. The van der Waals surface area contributed by atoms with Gasteiger partial charge in [-0.2, -0.15) is 4.98 Å². The van der Waals surface area contributed by atoms with E-state index < -0.39 is 0 Å². The van der Waals surface area contributed by atoms with Crippen molar-refractivity contribution in [1.29, 1.82) is 0 Å². The number of rotatable bonds is 2. The number of aromatic nitrogens is 1. The standard InChI is InChI=1S/C10H15N3O2/c1-11-8-4-2-3-5-13(10(8)14)9-6-15-7-12-9/h6-8,11H,2-5H2,1H3. The smallest absolute Gasteiger partial charge is 0.245 e. The molecule has 0 aromatic carbocycles. The minimum absolute atomic E-state index is 0.0869. The van der Waals surface area contributed by atoms with Gasteiger partial charge in [0, 0.05) is 6.54 Å². The van der Waals surface area contributed by atoms with Crippen LogP contribution < -0.4 is 10.2 Å². The third kappa shape index (κ3) is 2.02. The summed E-state index contributed by atoms with van der Waals surface area (Å²) in [5, 5.41) is 3.04. The van der Waals surface area contributed by atoms with E-state index in [4.69, 9.17) is 4.42 Å². The zero-order chi connectivity index (χ0) is 10.7. The summed E-state index contributed by atoms with van der Waals surface area (Å²) in [7, 11) is 1.81. The number of anilines is 1. The van der Waals surface area contributed by atoms with Crippen molar-refractivity contribution >= 4 is 11.7 Å². The first kappa shape index (κ1) is 10.2. The van der Waals surface area contributed by atoms with Gasteiger partial charge < -0.3 is 9.73 Å². The maximum absolute atomic E-state index is 12.1. The lowest BCUT2D eigenvalue weighted by molar-refractivity contribution is -0.120. The Labute approximate surface area is 88.5 Å². The summed E-state index contributed by atoms with van der Waals surface area (Å²) in [5.74, 6) is 0.700. The number of amides is 1. The molecule has 1 atom stereocenters. The van der Waals surface area contributed by atoms with E-state index in [1.165, 1.54) is 12.7 Å². The number of hydrogen-bond acceptors (Lipinski definition) is 4. The molecule has 15 heavy (non-hydrogen) atoms. The first-order valence-corrected chi connectivity index (χ1v) is 5.20. The Hall–Kier alpha value is -1.36. The van der Waals surface area contributed by atoms with E-state index in [0.29, 0.717) is 5.82 Å². The number of hydrogen-bond donors (Lipinski definition) is 1. The highest BCUT2D eigenvalue weighted by Crippen LogP contribution is 2.18. The molecule has 1 aromatic rings. The van der Waals surface area contributed by atoms with Crippen molar-refractivity contribution in [1.82, 2.24) is 10.3 Å². The second-order valence-electron chi connectivity index (χ2n) is 3.67. The summed E-state index contributed by atoms with van der Waals surface area (Å²) in [5.41, 5.74) is 0. The maximum atomic E-state index is 12.1. The fraction of sp³-hybridized carbons (Fsp3) is 0.600. The molecule has 1 N–H and O–H groups in total. The van der Waals surface area contributed by atoms with Gasteiger partial charge >= 0.3 is 0 Å². The average molecular weight is 209 g/mol. The molecule has 5 heteroatoms. The highest BCUT2D eigenvalue weighted by atomic mass is 16.3. The SMILES string of the molecule is CNC1CCCCN(c2cocn2)C1=O. The van der Waals surface area contributed by atoms with Crippen LogP contribution in [0.25, 0.3) is 0 Å². The molecule has 2 heterocycles. The second kappa shape index (κ2) is 4.44. The van der Waals surface area contributed by atoms with Gasteiger partial charge in [-0.25, -0.2) is 0 Å². The third-order valence-electron chi connectivity index (χ3n) is 2.73. The van der Waals surface area contributed by atoms with E-state index in [-0.39, 0.29) is 11.9 Å². The van der Waals surface area contributed by atoms with Crippen LogP contribution in [-0.2, 0) is 4.79 Å². The molecule has 82 valence electrons. The van der Waals surface area contributed by atoms with Crippen LogP contribution in [0.2, 0.25) is 0 Å². The Balaban J connectivity index is 2.19. The zero-order valence-corrected chi connectivity index (χ0v) is 8.77. The van der Waals surface area contributed by atoms with Crippen molar-refractivity contribution in [3.05, 3.63) is 12.7 Å². The molecule has 1 aliphatic heterocycles. The van der Waals surface area contributed by atoms with E-state index in [0.717, 1.165) is 25.8 Å². The predicted molar refractivity (Wildman–Crippen MR) is 55.6 cm³/mol. The molecule has 0 radical (unpaired) electrons. The number of nitrogens with one attached hydrogen (secondary N) is 1. The molecule has 1 aliphatic rings. The normalized spacial score (nSPS) is 22.9. The minimum Gasteiger partial charge on any atom is -0.449 e. The highest BCUT2D eigenvalue weighted by molar-refractivity contribution is 5.96. The lowest BCUT2D eigenvalue weighted by Gasteiger charge is -2.21. The molecule has 1 saturated heterocycles. The van der Waals surface area contributed by atoms with Gasteiger partial charge in [0.15, 0.2) is 12.2 Å². The number of likely N-dealkylation sites (N-methyl/N-ethyl adjacent to an activating group) is 1. The summed E-state index contributed by atoms with van der Waals surface area (Å²) < 4.78 is 4.90. The molecule has 1 fully saturated rings. The quantitative estimate of drug-likeness (QED) is 0.782. The van der Waals surface area contributed by atoms with E-state index in [1.807, 2.05) is 7.05 Å². The summed E-state index contributed by atoms with van der Waals surface area (Å²) >= 11 is 0. The first-order valence-electron chi connectivity index (χ1n) is 5.20. The van der Waals surface area contributed by atoms with Gasteiger partial charge in [-0.05, 0) is 26.3 Å². The predicted octanol–water partition coefficient (Wildman–Crippen LogP) is 0.779. The first-order chi connectivity index (χ1) is 7.33. The van der Waals surface area contributed by atoms with Crippen LogP contribution in [0, 0.1) is 0 Å². The van der Waals surface area contributed by atoms with Crippen molar-refractivity contribution < 1.29 is 9.21 Å². The number of carbonyl (C=O) groups is 1. The summed E-state index contributed by atoms with van der Waals surface area (Å²) in [4.78, 5) is 17.8. The fourth-order valence-corrected chi connectivity index (χ4v) is 1.87. The van der Waals surface area contributed by atoms with Gasteiger partial charge in [0.25, 0.3) is 0 Å². The van der Waals surface area contributed by atoms with Crippen LogP contribution in [-0.4, -0.2) is 30.5 Å². The molecule has 1 unspecified atom stereocenters. The second-order valence-corrected chi connectivity index (χ2v) is 3.67. The zero-order valence-electron chi connectivity index (χ0n) is 8.77. The molecule has 0 spiro atoms. The van der Waals surface area contributed by atoms with Gasteiger partial charge in [0.05, 0.1) is 6.04 Å². The monoisotopic (exact) mass is 209 g/mol. The van der Waals surface area contributed by atoms with E-state index >= 15 is 0 Å². The number of oxazole rings is 1. The topological polar surface area (TPSA) is 58.4 Å². The van der Waals surface area contributed by atoms with Gasteiger partial charge in [0.2, 0.25) is 5.91 Å². The summed E-state index contributed by atoms with van der Waals surface area (Å²) in [6.45, 7) is 0.726. The van der Waals surface area contributed by atoms with Crippen molar-refractivity contribution in [3.8, 4) is 0 Å². The summed E-state index contributed by atoms with van der Waals surface area (Å²) in [6, 6.07) is -0.0933. The van der Waals surface area contributed by atoms with Crippen molar-refractivity contribution in [2.75, 3.05) is 18.5 Å². The Morgan fingerprint density at radius 2 is 2.47 bits per heavy atom. The number of carbonyl (C=O) groups excluding carboxylic acids is 1. The van der Waals surface area contributed by atoms with E-state index in [1.54, 1.807) is 4.90 Å². The average Bonchev–Trinajstić information content (AvgIpc) is 2.70. The van der Waals surface area contributed by atoms with Crippen LogP contribution in [0.1, 0.15) is 19.3 Å². The van der Waals surface area contributed by atoms with Crippen LogP contribution in [0.3, 0.4) is 0 Å². The molecular formula is C10H15N3O2. The Morgan fingerprint density at radius 1 is 1.60 bits per heavy atom. The lowest BCUT2D eigenvalue weighted by Crippen LogP contribution is -2.44. The van der Waals surface area contributed by atoms with E-state index in [2.05, 4.69) is 10.3 Å². The molecule has 5 nitrogen and oxygen atoms in total. The van der Waals surface area contributed by atoms with Crippen LogP contribution >= 0.6 is 0 Å². The van der Waals surface area contributed by atoms with Gasteiger partial charge in [-0.1, -0.05) is 0 Å². The molecule has 0 saturated carbocycles. The van der Waals surface area contributed by atoms with Crippen LogP contribution in [0.5, 0.6) is 0 Å². The van der Waals surface area contributed by atoms with Gasteiger partial charge in [0.1, 0.15) is 6.26 Å². The Bertz CT molecular complexity index is 323. The Morgan fingerprint density at radius 3 is 3.13 bits per heavy atom. The molecule has 0 aliphatic carbocycles. The van der Waals surface area contributed by atoms with Gasteiger partial charge in [-0.3, -0.25) is 9.69 Å². The molecule has 0 bridgehead atoms. The minimum atomic E-state index is -0.0933. The fourth-order valence-electron chi connectivity index (χ4n) is 1.87. The molecular weight excluding hydrogens is 194 g/mol. The van der Waals surface area contributed by atoms with Crippen LogP contribution in [0.15, 0.2) is 17.1 Å². The van der Waals surface area contributed by atoms with Crippen molar-refractivity contribution in [2.24, 2.45) is 0 Å². The largest absolute Gasteiger partial charge is 0.449 e. The highest BCUT2D eigenvalue weighted by Gasteiger charge is 2.27. The molecule has 2 rings (SSSR count). The maximum Gasteiger partial charge on any atom is 0.245 e. The van der Waals surface area contributed by atoms with Crippen molar-refractivity contribution in [3.63, 3.8) is 0 Å². The molecule has 1 amide bonds. The van der Waals surface area contributed by atoms with Gasteiger partial charge in [-0.15, -0.1) is 0 Å². The lowest BCUT2D eigenvalue weighted by atomic mass is 10.1. The number of nitrogens with zero attached hydrogens (tertiary/aromatic N) is 2. The van der Waals surface area contributed by atoms with E-state index in [9.17, 15) is 4.79 Å². The van der Waals surface area contributed by atoms with Crippen LogP contribution in [0.4, 0.5) is 5.82 Å². The third-order valence-corrected chi connectivity index (χ3v) is 2.73.